The molecule has 1 atom stereocenters. The van der Waals surface area contributed by atoms with Crippen molar-refractivity contribution in [2.75, 3.05) is 13.1 Å². The van der Waals surface area contributed by atoms with E-state index in [1.165, 1.54) is 6.92 Å². The highest BCUT2D eigenvalue weighted by atomic mass is 19.1. The monoisotopic (exact) mass is 353 g/mol. The van der Waals surface area contributed by atoms with E-state index in [1.807, 2.05) is 13.8 Å². The summed E-state index contributed by atoms with van der Waals surface area (Å²) >= 11 is 0. The zero-order valence-electron chi connectivity index (χ0n) is 14.4. The molecule has 4 amide bonds. The summed E-state index contributed by atoms with van der Waals surface area (Å²) in [7, 11) is 0. The second kappa shape index (κ2) is 7.16. The lowest BCUT2D eigenvalue weighted by atomic mass is 9.91. The molecule has 1 aliphatic rings. The Labute approximate surface area is 144 Å². The molecule has 2 N–H and O–H groups in total. The van der Waals surface area contributed by atoms with Gasteiger partial charge in [0.05, 0.1) is 0 Å². The second-order valence-corrected chi connectivity index (χ2v) is 6.60. The SMILES string of the molecule is CC(C)CCNC(=O)CN1C(=O)N[C@](C)(c2cc(F)ccc2F)C1=O. The van der Waals surface area contributed by atoms with E-state index in [-0.39, 0.29) is 5.56 Å². The summed E-state index contributed by atoms with van der Waals surface area (Å²) < 4.78 is 27.5. The van der Waals surface area contributed by atoms with Crippen LogP contribution in [0.1, 0.15) is 32.8 Å². The number of imide groups is 1. The first kappa shape index (κ1) is 18.8. The van der Waals surface area contributed by atoms with Crippen LogP contribution in [0.5, 0.6) is 0 Å². The van der Waals surface area contributed by atoms with Gasteiger partial charge in [-0.15, -0.1) is 0 Å². The number of hydrogen-bond acceptors (Lipinski definition) is 3. The van der Waals surface area contributed by atoms with Crippen molar-refractivity contribution >= 4 is 17.8 Å². The molecule has 1 heterocycles. The molecule has 0 spiro atoms. The number of hydrogen-bond donors (Lipinski definition) is 2. The second-order valence-electron chi connectivity index (χ2n) is 6.60. The minimum Gasteiger partial charge on any atom is -0.355 e. The van der Waals surface area contributed by atoms with Crippen LogP contribution in [-0.4, -0.2) is 35.8 Å². The summed E-state index contributed by atoms with van der Waals surface area (Å²) in [6, 6.07) is 1.84. The van der Waals surface area contributed by atoms with Gasteiger partial charge in [-0.3, -0.25) is 14.5 Å². The van der Waals surface area contributed by atoms with Crippen LogP contribution in [0.4, 0.5) is 13.6 Å². The predicted octanol–water partition coefficient (Wildman–Crippen LogP) is 1.89. The molecular formula is C17H21F2N3O3. The first-order valence-electron chi connectivity index (χ1n) is 8.01. The maximum absolute atomic E-state index is 14.0. The fourth-order valence-electron chi connectivity index (χ4n) is 2.60. The molecule has 1 aromatic carbocycles. The third kappa shape index (κ3) is 3.94. The minimum absolute atomic E-state index is 0.284. The molecule has 1 saturated heterocycles. The Morgan fingerprint density at radius 2 is 2.00 bits per heavy atom. The zero-order valence-corrected chi connectivity index (χ0v) is 14.4. The lowest BCUT2D eigenvalue weighted by Crippen LogP contribution is -2.44. The summed E-state index contributed by atoms with van der Waals surface area (Å²) in [5, 5.41) is 4.97. The summed E-state index contributed by atoms with van der Waals surface area (Å²) in [4.78, 5) is 37.3. The largest absolute Gasteiger partial charge is 0.355 e. The van der Waals surface area contributed by atoms with E-state index in [9.17, 15) is 23.2 Å². The van der Waals surface area contributed by atoms with Crippen LogP contribution in [0, 0.1) is 17.6 Å². The Morgan fingerprint density at radius 1 is 1.32 bits per heavy atom. The first-order chi connectivity index (χ1) is 11.6. The molecule has 1 aromatic rings. The quantitative estimate of drug-likeness (QED) is 0.767. The average molecular weight is 353 g/mol. The van der Waals surface area contributed by atoms with Crippen LogP contribution in [0.2, 0.25) is 0 Å². The van der Waals surface area contributed by atoms with Crippen LogP contribution in [-0.2, 0) is 15.1 Å². The molecule has 25 heavy (non-hydrogen) atoms. The highest BCUT2D eigenvalue weighted by molar-refractivity contribution is 6.09. The molecule has 0 radical (unpaired) electrons. The Morgan fingerprint density at radius 3 is 2.64 bits per heavy atom. The minimum atomic E-state index is -1.76. The number of nitrogens with zero attached hydrogens (tertiary/aromatic N) is 1. The van der Waals surface area contributed by atoms with E-state index in [1.54, 1.807) is 0 Å². The van der Waals surface area contributed by atoms with Crippen molar-refractivity contribution in [1.29, 1.82) is 0 Å². The van der Waals surface area contributed by atoms with Crippen LogP contribution >= 0.6 is 0 Å². The molecule has 136 valence electrons. The molecule has 2 rings (SSSR count). The van der Waals surface area contributed by atoms with Gasteiger partial charge in [0.1, 0.15) is 23.7 Å². The Kier molecular flexibility index (Phi) is 5.39. The smallest absolute Gasteiger partial charge is 0.325 e. The van der Waals surface area contributed by atoms with Gasteiger partial charge in [-0.25, -0.2) is 13.6 Å². The molecular weight excluding hydrogens is 332 g/mol. The highest BCUT2D eigenvalue weighted by Gasteiger charge is 2.50. The van der Waals surface area contributed by atoms with Gasteiger partial charge in [0, 0.05) is 12.1 Å². The number of benzene rings is 1. The van der Waals surface area contributed by atoms with Crippen LogP contribution in [0.3, 0.4) is 0 Å². The van der Waals surface area contributed by atoms with Gasteiger partial charge in [-0.05, 0) is 37.5 Å². The lowest BCUT2D eigenvalue weighted by molar-refractivity contribution is -0.134. The highest BCUT2D eigenvalue weighted by Crippen LogP contribution is 2.31. The summed E-state index contributed by atoms with van der Waals surface area (Å²) in [6.45, 7) is 5.23. The summed E-state index contributed by atoms with van der Waals surface area (Å²) in [5.74, 6) is -2.45. The zero-order chi connectivity index (χ0) is 18.8. The van der Waals surface area contributed by atoms with Crippen molar-refractivity contribution in [3.05, 3.63) is 35.4 Å². The van der Waals surface area contributed by atoms with E-state index >= 15 is 0 Å². The van der Waals surface area contributed by atoms with Gasteiger partial charge in [0.25, 0.3) is 5.91 Å². The van der Waals surface area contributed by atoms with Crippen molar-refractivity contribution in [2.45, 2.75) is 32.7 Å². The molecule has 0 unspecified atom stereocenters. The Balaban J connectivity index is 2.14. The van der Waals surface area contributed by atoms with Crippen molar-refractivity contribution in [1.82, 2.24) is 15.5 Å². The maximum Gasteiger partial charge on any atom is 0.325 e. The van der Waals surface area contributed by atoms with Gasteiger partial charge in [-0.1, -0.05) is 13.8 Å². The molecule has 0 aliphatic carbocycles. The molecule has 0 aromatic heterocycles. The van der Waals surface area contributed by atoms with E-state index in [4.69, 9.17) is 0 Å². The predicted molar refractivity (Wildman–Crippen MR) is 86.4 cm³/mol. The molecule has 6 nitrogen and oxygen atoms in total. The number of urea groups is 1. The van der Waals surface area contributed by atoms with E-state index < -0.39 is 41.6 Å². The van der Waals surface area contributed by atoms with Crippen molar-refractivity contribution in [2.24, 2.45) is 5.92 Å². The number of carbonyl (C=O) groups excluding carboxylic acids is 3. The standard InChI is InChI=1S/C17H21F2N3O3/c1-10(2)6-7-20-14(23)9-22-15(24)17(3,21-16(22)25)12-8-11(18)4-5-13(12)19/h4-5,8,10H,6-7,9H2,1-3H3,(H,20,23)(H,21,25)/t17-/m1/s1. The van der Waals surface area contributed by atoms with Crippen molar-refractivity contribution in [3.63, 3.8) is 0 Å². The third-order valence-electron chi connectivity index (χ3n) is 4.09. The van der Waals surface area contributed by atoms with Crippen LogP contribution in [0.25, 0.3) is 0 Å². The number of nitrogens with one attached hydrogen (secondary N) is 2. The maximum atomic E-state index is 14.0. The van der Waals surface area contributed by atoms with Gasteiger partial charge >= 0.3 is 6.03 Å². The average Bonchev–Trinajstić information content (AvgIpc) is 2.73. The van der Waals surface area contributed by atoms with Gasteiger partial charge in [-0.2, -0.15) is 0 Å². The molecule has 1 aliphatic heterocycles. The number of amides is 4. The lowest BCUT2D eigenvalue weighted by Gasteiger charge is -2.22. The van der Waals surface area contributed by atoms with E-state index in [2.05, 4.69) is 10.6 Å². The number of halogens is 2. The Bertz CT molecular complexity index is 708. The van der Waals surface area contributed by atoms with Gasteiger partial charge < -0.3 is 10.6 Å². The van der Waals surface area contributed by atoms with Gasteiger partial charge in [0.2, 0.25) is 5.91 Å². The van der Waals surface area contributed by atoms with Crippen molar-refractivity contribution < 1.29 is 23.2 Å². The topological polar surface area (TPSA) is 78.5 Å². The van der Waals surface area contributed by atoms with Crippen LogP contribution < -0.4 is 10.6 Å². The third-order valence-corrected chi connectivity index (χ3v) is 4.09. The molecule has 0 bridgehead atoms. The molecule has 0 saturated carbocycles. The summed E-state index contributed by atoms with van der Waals surface area (Å²) in [5.41, 5.74) is -2.05. The summed E-state index contributed by atoms with van der Waals surface area (Å²) in [6.07, 6.45) is 0.762. The Hall–Kier alpha value is -2.51. The molecule has 8 heteroatoms. The molecule has 1 fully saturated rings. The van der Waals surface area contributed by atoms with Crippen LogP contribution in [0.15, 0.2) is 18.2 Å². The number of carbonyl (C=O) groups is 3. The number of rotatable bonds is 6. The van der Waals surface area contributed by atoms with Gasteiger partial charge in [0.15, 0.2) is 0 Å². The fourth-order valence-corrected chi connectivity index (χ4v) is 2.60. The fraction of sp³-hybridized carbons (Fsp3) is 0.471. The van der Waals surface area contributed by atoms with Crippen molar-refractivity contribution in [3.8, 4) is 0 Å². The van der Waals surface area contributed by atoms with E-state index in [0.29, 0.717) is 17.4 Å². The first-order valence-corrected chi connectivity index (χ1v) is 8.01. The normalized spacial score (nSPS) is 20.2. The van der Waals surface area contributed by atoms with E-state index in [0.717, 1.165) is 24.6 Å².